The topological polar surface area (TPSA) is 62.7 Å². The average molecular weight is 314 g/mol. The molecular weight excluding hydrogens is 295 g/mol. The van der Waals surface area contributed by atoms with Gasteiger partial charge in [0.2, 0.25) is 0 Å². The highest BCUT2D eigenvalue weighted by Gasteiger charge is 2.08. The lowest BCUT2D eigenvalue weighted by molar-refractivity contribution is 0.433. The molecule has 6 heteroatoms. The van der Waals surface area contributed by atoms with Crippen LogP contribution in [0.15, 0.2) is 47.8 Å². The first kappa shape index (κ1) is 15.4. The van der Waals surface area contributed by atoms with Crippen LogP contribution in [0, 0.1) is 5.82 Å². The first-order valence-electron chi connectivity index (χ1n) is 7.66. The fourth-order valence-corrected chi connectivity index (χ4v) is 2.61. The Balaban J connectivity index is 1.73. The molecule has 0 saturated carbocycles. The second-order valence-electron chi connectivity index (χ2n) is 5.59. The highest BCUT2D eigenvalue weighted by molar-refractivity contribution is 5.78. The third-order valence-electron chi connectivity index (χ3n) is 3.91. The van der Waals surface area contributed by atoms with Crippen LogP contribution < -0.4 is 10.7 Å². The van der Waals surface area contributed by atoms with Crippen molar-refractivity contribution >= 4 is 10.9 Å². The zero-order valence-electron chi connectivity index (χ0n) is 12.9. The Morgan fingerprint density at radius 3 is 3.00 bits per heavy atom. The monoisotopic (exact) mass is 314 g/mol. The summed E-state index contributed by atoms with van der Waals surface area (Å²) in [5.74, 6) is -0.403. The number of benzene rings is 1. The number of aromatic nitrogens is 3. The van der Waals surface area contributed by atoms with Crippen LogP contribution >= 0.6 is 0 Å². The summed E-state index contributed by atoms with van der Waals surface area (Å²) in [6, 6.07) is 6.01. The summed E-state index contributed by atoms with van der Waals surface area (Å²) < 4.78 is 15.2. The van der Waals surface area contributed by atoms with E-state index in [-0.39, 0.29) is 11.5 Å². The maximum atomic E-state index is 13.2. The fraction of sp³-hybridized carbons (Fsp3) is 0.294. The number of rotatable bonds is 6. The molecule has 0 saturated heterocycles. The Kier molecular flexibility index (Phi) is 4.52. The van der Waals surface area contributed by atoms with Gasteiger partial charge >= 0.3 is 0 Å². The zero-order valence-corrected chi connectivity index (χ0v) is 12.9. The van der Waals surface area contributed by atoms with Gasteiger partial charge in [0.25, 0.3) is 0 Å². The van der Waals surface area contributed by atoms with Gasteiger partial charge in [0.1, 0.15) is 5.82 Å². The number of nitrogens with one attached hydrogen (secondary N) is 2. The molecule has 0 aliphatic carbocycles. The Morgan fingerprint density at radius 1 is 1.39 bits per heavy atom. The number of aromatic amines is 1. The summed E-state index contributed by atoms with van der Waals surface area (Å²) in [6.07, 6.45) is 6.43. The normalized spacial score (nSPS) is 12.6. The highest BCUT2D eigenvalue weighted by Crippen LogP contribution is 2.10. The molecule has 0 amide bonds. The molecule has 3 rings (SSSR count). The minimum atomic E-state index is -0.403. The van der Waals surface area contributed by atoms with E-state index in [1.807, 2.05) is 10.8 Å². The van der Waals surface area contributed by atoms with Crippen LogP contribution in [0.1, 0.15) is 19.0 Å². The van der Waals surface area contributed by atoms with Crippen LogP contribution in [-0.4, -0.2) is 20.6 Å². The van der Waals surface area contributed by atoms with Crippen molar-refractivity contribution in [1.82, 2.24) is 19.9 Å². The van der Waals surface area contributed by atoms with Crippen LogP contribution in [0.25, 0.3) is 10.9 Å². The van der Waals surface area contributed by atoms with E-state index in [0.717, 1.165) is 18.7 Å². The molecular formula is C17H19FN4O. The highest BCUT2D eigenvalue weighted by atomic mass is 19.1. The molecule has 23 heavy (non-hydrogen) atoms. The molecule has 1 aromatic carbocycles. The van der Waals surface area contributed by atoms with Crippen LogP contribution in [0.3, 0.4) is 0 Å². The van der Waals surface area contributed by atoms with E-state index in [2.05, 4.69) is 22.2 Å². The molecule has 2 aromatic heterocycles. The summed E-state index contributed by atoms with van der Waals surface area (Å²) in [5, 5.41) is 3.81. The third-order valence-corrected chi connectivity index (χ3v) is 3.91. The molecule has 2 heterocycles. The van der Waals surface area contributed by atoms with Gasteiger partial charge in [-0.05, 0) is 24.6 Å². The molecule has 3 aromatic rings. The Hall–Kier alpha value is -2.47. The summed E-state index contributed by atoms with van der Waals surface area (Å²) in [4.78, 5) is 19.3. The quantitative estimate of drug-likeness (QED) is 0.734. The summed E-state index contributed by atoms with van der Waals surface area (Å²) in [5.41, 5.74) is 1.27. The lowest BCUT2D eigenvalue weighted by atomic mass is 10.1. The molecule has 0 radical (unpaired) electrons. The molecule has 0 fully saturated rings. The SMILES string of the molecule is CC[C@H](Cn1ccnc1)NCc1cc(=O)c2cc(F)ccc2[nH]1. The second-order valence-corrected chi connectivity index (χ2v) is 5.59. The number of fused-ring (bicyclic) bond motifs is 1. The van der Waals surface area contributed by atoms with Crippen LogP contribution in [-0.2, 0) is 13.1 Å². The van der Waals surface area contributed by atoms with E-state index in [0.29, 0.717) is 17.4 Å². The molecule has 0 bridgehead atoms. The number of pyridine rings is 1. The predicted octanol–water partition coefficient (Wildman–Crippen LogP) is 2.43. The second kappa shape index (κ2) is 6.75. The van der Waals surface area contributed by atoms with Gasteiger partial charge in [0, 0.05) is 54.2 Å². The van der Waals surface area contributed by atoms with Gasteiger partial charge in [-0.2, -0.15) is 0 Å². The first-order valence-corrected chi connectivity index (χ1v) is 7.66. The van der Waals surface area contributed by atoms with E-state index < -0.39 is 5.82 Å². The minimum absolute atomic E-state index is 0.169. The molecule has 0 unspecified atom stereocenters. The number of nitrogens with zero attached hydrogens (tertiary/aromatic N) is 2. The smallest absolute Gasteiger partial charge is 0.189 e. The van der Waals surface area contributed by atoms with Crippen LogP contribution in [0.5, 0.6) is 0 Å². The van der Waals surface area contributed by atoms with E-state index in [9.17, 15) is 9.18 Å². The largest absolute Gasteiger partial charge is 0.357 e. The Labute approximate surface area is 133 Å². The van der Waals surface area contributed by atoms with Crippen molar-refractivity contribution in [3.63, 3.8) is 0 Å². The van der Waals surface area contributed by atoms with Crippen molar-refractivity contribution in [3.05, 3.63) is 64.7 Å². The van der Waals surface area contributed by atoms with Gasteiger partial charge in [-0.3, -0.25) is 4.79 Å². The van der Waals surface area contributed by atoms with Crippen molar-refractivity contribution in [1.29, 1.82) is 0 Å². The third kappa shape index (κ3) is 3.65. The van der Waals surface area contributed by atoms with Gasteiger partial charge in [-0.25, -0.2) is 9.37 Å². The zero-order chi connectivity index (χ0) is 16.2. The molecule has 2 N–H and O–H groups in total. The van der Waals surface area contributed by atoms with E-state index >= 15 is 0 Å². The summed E-state index contributed by atoms with van der Waals surface area (Å²) >= 11 is 0. The van der Waals surface area contributed by atoms with E-state index in [1.165, 1.54) is 18.2 Å². The number of halogens is 1. The Morgan fingerprint density at radius 2 is 2.26 bits per heavy atom. The van der Waals surface area contributed by atoms with Crippen LogP contribution in [0.4, 0.5) is 4.39 Å². The van der Waals surface area contributed by atoms with E-state index in [4.69, 9.17) is 0 Å². The van der Waals surface area contributed by atoms with Crippen molar-refractivity contribution in [2.24, 2.45) is 0 Å². The fourth-order valence-electron chi connectivity index (χ4n) is 2.61. The number of hydrogen-bond acceptors (Lipinski definition) is 3. The molecule has 0 aliphatic rings. The van der Waals surface area contributed by atoms with Gasteiger partial charge in [0.15, 0.2) is 5.43 Å². The molecule has 5 nitrogen and oxygen atoms in total. The van der Waals surface area contributed by atoms with Crippen molar-refractivity contribution in [2.45, 2.75) is 32.5 Å². The number of imidazole rings is 1. The maximum absolute atomic E-state index is 13.2. The average Bonchev–Trinajstić information content (AvgIpc) is 3.05. The molecule has 1 atom stereocenters. The summed E-state index contributed by atoms with van der Waals surface area (Å²) in [6.45, 7) is 3.48. The number of hydrogen-bond donors (Lipinski definition) is 2. The number of H-pyrrole nitrogens is 1. The van der Waals surface area contributed by atoms with E-state index in [1.54, 1.807) is 18.6 Å². The molecule has 0 aliphatic heterocycles. The minimum Gasteiger partial charge on any atom is -0.357 e. The maximum Gasteiger partial charge on any atom is 0.189 e. The van der Waals surface area contributed by atoms with Crippen LogP contribution in [0.2, 0.25) is 0 Å². The van der Waals surface area contributed by atoms with Crippen molar-refractivity contribution in [3.8, 4) is 0 Å². The summed E-state index contributed by atoms with van der Waals surface area (Å²) in [7, 11) is 0. The lowest BCUT2D eigenvalue weighted by Gasteiger charge is -2.17. The van der Waals surface area contributed by atoms with Crippen molar-refractivity contribution in [2.75, 3.05) is 0 Å². The predicted molar refractivity (Wildman–Crippen MR) is 87.7 cm³/mol. The first-order chi connectivity index (χ1) is 11.2. The van der Waals surface area contributed by atoms with Gasteiger partial charge < -0.3 is 14.9 Å². The Bertz CT molecular complexity index is 841. The van der Waals surface area contributed by atoms with Gasteiger partial charge in [-0.1, -0.05) is 6.92 Å². The van der Waals surface area contributed by atoms with Crippen molar-refractivity contribution < 1.29 is 4.39 Å². The lowest BCUT2D eigenvalue weighted by Crippen LogP contribution is -2.32. The molecule has 0 spiro atoms. The van der Waals surface area contributed by atoms with Gasteiger partial charge in [-0.15, -0.1) is 0 Å². The standard InChI is InChI=1S/C17H19FN4O/c1-2-13(10-22-6-5-19-11-22)20-9-14-8-17(23)15-7-12(18)3-4-16(15)21-14/h3-8,11,13,20H,2,9-10H2,1H3,(H,21,23)/t13-/m1/s1. The van der Waals surface area contributed by atoms with Gasteiger partial charge in [0.05, 0.1) is 6.33 Å². The molecule has 120 valence electrons.